The average Bonchev–Trinajstić information content (AvgIpc) is 2.03. The second-order valence-electron chi connectivity index (χ2n) is 2.24. The fraction of sp³-hybridized carbons (Fsp3) is 0. The maximum absolute atomic E-state index is 10.5. The molecule has 1 aromatic carbocycles. The largest absolute Gasteiger partial charge is 0.380 e. The van der Waals surface area contributed by atoms with Crippen molar-refractivity contribution in [3.63, 3.8) is 0 Å². The molecular formula is C8H7NO3S. The lowest BCUT2D eigenvalue weighted by molar-refractivity contribution is 0.488. The zero-order valence-corrected chi connectivity index (χ0v) is 7.41. The molecule has 0 aliphatic heterocycles. The van der Waals surface area contributed by atoms with Gasteiger partial charge in [0, 0.05) is 5.56 Å². The van der Waals surface area contributed by atoms with E-state index in [1.54, 1.807) is 12.1 Å². The molecule has 0 fully saturated rings. The van der Waals surface area contributed by atoms with Gasteiger partial charge >= 0.3 is 10.3 Å². The van der Waals surface area contributed by atoms with E-state index in [0.29, 0.717) is 5.56 Å². The summed E-state index contributed by atoms with van der Waals surface area (Å²) in [7, 11) is -3.95. The van der Waals surface area contributed by atoms with Crippen LogP contribution in [0.25, 0.3) is 0 Å². The Labute approximate surface area is 76.6 Å². The van der Waals surface area contributed by atoms with E-state index in [-0.39, 0.29) is 5.75 Å². The molecule has 5 heteroatoms. The van der Waals surface area contributed by atoms with Gasteiger partial charge in [-0.25, -0.2) is 0 Å². The van der Waals surface area contributed by atoms with Crippen LogP contribution in [0.4, 0.5) is 0 Å². The predicted molar refractivity (Wildman–Crippen MR) is 48.1 cm³/mol. The number of hydrogen-bond acceptors (Lipinski definition) is 3. The summed E-state index contributed by atoms with van der Waals surface area (Å²) in [5.41, 5.74) is 0.641. The van der Waals surface area contributed by atoms with Crippen molar-refractivity contribution in [2.75, 3.05) is 0 Å². The van der Waals surface area contributed by atoms with Crippen LogP contribution in [0.3, 0.4) is 0 Å². The smallest absolute Gasteiger partial charge is 0.371 e. The van der Waals surface area contributed by atoms with E-state index in [4.69, 9.17) is 6.42 Å². The van der Waals surface area contributed by atoms with Gasteiger partial charge in [-0.3, -0.25) is 0 Å². The van der Waals surface area contributed by atoms with Gasteiger partial charge in [0.15, 0.2) is 0 Å². The molecule has 1 rings (SSSR count). The number of rotatable bonds is 2. The Kier molecular flexibility index (Phi) is 2.56. The van der Waals surface area contributed by atoms with E-state index in [9.17, 15) is 8.42 Å². The number of hydrogen-bond donors (Lipinski definition) is 1. The Morgan fingerprint density at radius 3 is 2.23 bits per heavy atom. The molecule has 0 saturated heterocycles. The third-order valence-corrected chi connectivity index (χ3v) is 1.66. The van der Waals surface area contributed by atoms with Gasteiger partial charge in [0.25, 0.3) is 0 Å². The number of nitrogens with two attached hydrogens (primary N) is 1. The zero-order chi connectivity index (χ0) is 9.90. The highest BCUT2D eigenvalue weighted by molar-refractivity contribution is 7.84. The van der Waals surface area contributed by atoms with Gasteiger partial charge in [-0.05, 0) is 24.3 Å². The van der Waals surface area contributed by atoms with Gasteiger partial charge in [-0.2, -0.15) is 13.6 Å². The van der Waals surface area contributed by atoms with Gasteiger partial charge in [0.05, 0.1) is 0 Å². The predicted octanol–water partition coefficient (Wildman–Crippen LogP) is 0.250. The first-order valence-corrected chi connectivity index (χ1v) is 4.77. The van der Waals surface area contributed by atoms with E-state index >= 15 is 0 Å². The molecule has 0 unspecified atom stereocenters. The SMILES string of the molecule is C#Cc1ccc(OS(N)(=O)=O)cc1. The third-order valence-electron chi connectivity index (χ3n) is 1.23. The summed E-state index contributed by atoms with van der Waals surface area (Å²) in [6, 6.07) is 5.97. The average molecular weight is 197 g/mol. The van der Waals surface area contributed by atoms with Crippen LogP contribution >= 0.6 is 0 Å². The lowest BCUT2D eigenvalue weighted by atomic mass is 10.2. The van der Waals surface area contributed by atoms with Gasteiger partial charge in [-0.1, -0.05) is 5.92 Å². The number of benzene rings is 1. The molecule has 0 saturated carbocycles. The standard InChI is InChI=1S/C8H7NO3S/c1-2-7-3-5-8(6-4-7)12-13(9,10)11/h1,3-6H,(H2,9,10,11). The molecule has 2 N–H and O–H groups in total. The van der Waals surface area contributed by atoms with Gasteiger partial charge in [0.2, 0.25) is 0 Å². The molecule has 0 amide bonds. The summed E-state index contributed by atoms with van der Waals surface area (Å²) >= 11 is 0. The fourth-order valence-corrected chi connectivity index (χ4v) is 1.12. The van der Waals surface area contributed by atoms with Crippen molar-refractivity contribution in [2.24, 2.45) is 5.14 Å². The first kappa shape index (κ1) is 9.58. The lowest BCUT2D eigenvalue weighted by Crippen LogP contribution is -2.18. The minimum Gasteiger partial charge on any atom is -0.371 e. The minimum absolute atomic E-state index is 0.140. The molecule has 68 valence electrons. The summed E-state index contributed by atoms with van der Waals surface area (Å²) in [4.78, 5) is 0. The van der Waals surface area contributed by atoms with Crippen LogP contribution in [0, 0.1) is 12.3 Å². The van der Waals surface area contributed by atoms with Crippen molar-refractivity contribution >= 4 is 10.3 Å². The molecule has 0 aliphatic carbocycles. The fourth-order valence-electron chi connectivity index (χ4n) is 0.741. The molecular weight excluding hydrogens is 190 g/mol. The first-order valence-electron chi connectivity index (χ1n) is 3.30. The van der Waals surface area contributed by atoms with Crippen LogP contribution in [0.15, 0.2) is 24.3 Å². The highest BCUT2D eigenvalue weighted by Crippen LogP contribution is 2.12. The second-order valence-corrected chi connectivity index (χ2v) is 3.40. The van der Waals surface area contributed by atoms with Crippen LogP contribution in [-0.4, -0.2) is 8.42 Å². The van der Waals surface area contributed by atoms with Gasteiger partial charge < -0.3 is 4.18 Å². The lowest BCUT2D eigenvalue weighted by Gasteiger charge is -2.00. The van der Waals surface area contributed by atoms with Crippen LogP contribution < -0.4 is 9.32 Å². The van der Waals surface area contributed by atoms with E-state index in [1.165, 1.54) is 12.1 Å². The minimum atomic E-state index is -3.95. The molecule has 0 bridgehead atoms. The molecule has 13 heavy (non-hydrogen) atoms. The molecule has 0 aromatic heterocycles. The van der Waals surface area contributed by atoms with Crippen molar-refractivity contribution in [3.05, 3.63) is 29.8 Å². The van der Waals surface area contributed by atoms with Crippen molar-refractivity contribution in [1.29, 1.82) is 0 Å². The third kappa shape index (κ3) is 3.15. The Morgan fingerprint density at radius 1 is 1.31 bits per heavy atom. The molecule has 0 spiro atoms. The first-order chi connectivity index (χ1) is 6.01. The Bertz CT molecular complexity index is 427. The van der Waals surface area contributed by atoms with E-state index in [0.717, 1.165) is 0 Å². The Morgan fingerprint density at radius 2 is 1.85 bits per heavy atom. The van der Waals surface area contributed by atoms with Crippen LogP contribution in [0.2, 0.25) is 0 Å². The summed E-state index contributed by atoms with van der Waals surface area (Å²) in [5.74, 6) is 2.52. The van der Waals surface area contributed by atoms with E-state index in [1.807, 2.05) is 0 Å². The molecule has 0 radical (unpaired) electrons. The molecule has 0 atom stereocenters. The maximum Gasteiger partial charge on any atom is 0.380 e. The maximum atomic E-state index is 10.5. The summed E-state index contributed by atoms with van der Waals surface area (Å²) in [6.07, 6.45) is 5.09. The zero-order valence-electron chi connectivity index (χ0n) is 6.60. The highest BCUT2D eigenvalue weighted by atomic mass is 32.2. The molecule has 0 heterocycles. The molecule has 0 aliphatic rings. The van der Waals surface area contributed by atoms with Crippen LogP contribution in [0.1, 0.15) is 5.56 Å². The van der Waals surface area contributed by atoms with Crippen molar-refractivity contribution in [3.8, 4) is 18.1 Å². The summed E-state index contributed by atoms with van der Waals surface area (Å²) in [6.45, 7) is 0. The topological polar surface area (TPSA) is 69.4 Å². The van der Waals surface area contributed by atoms with E-state index in [2.05, 4.69) is 15.2 Å². The van der Waals surface area contributed by atoms with Gasteiger partial charge in [-0.15, -0.1) is 6.42 Å². The Hall–Kier alpha value is -1.51. The summed E-state index contributed by atoms with van der Waals surface area (Å²) < 4.78 is 25.3. The van der Waals surface area contributed by atoms with Crippen molar-refractivity contribution in [1.82, 2.24) is 0 Å². The van der Waals surface area contributed by atoms with Gasteiger partial charge in [0.1, 0.15) is 5.75 Å². The Balaban J connectivity index is 2.89. The van der Waals surface area contributed by atoms with Crippen molar-refractivity contribution in [2.45, 2.75) is 0 Å². The normalized spacial score (nSPS) is 10.5. The quantitative estimate of drug-likeness (QED) is 0.691. The van der Waals surface area contributed by atoms with E-state index < -0.39 is 10.3 Å². The highest BCUT2D eigenvalue weighted by Gasteiger charge is 2.03. The van der Waals surface area contributed by atoms with Crippen molar-refractivity contribution < 1.29 is 12.6 Å². The number of terminal acetylenes is 1. The summed E-state index contributed by atoms with van der Waals surface area (Å²) in [5, 5.41) is 4.65. The van der Waals surface area contributed by atoms with Crippen LogP contribution in [0.5, 0.6) is 5.75 Å². The molecule has 4 nitrogen and oxygen atoms in total. The monoisotopic (exact) mass is 197 g/mol. The van der Waals surface area contributed by atoms with Crippen LogP contribution in [-0.2, 0) is 10.3 Å². The second kappa shape index (κ2) is 3.47. The molecule has 1 aromatic rings.